The highest BCUT2D eigenvalue weighted by atomic mass is 28.4. The lowest BCUT2D eigenvalue weighted by Crippen LogP contribution is -2.41. The topological polar surface area (TPSA) is 91.7 Å². The van der Waals surface area contributed by atoms with Crippen LogP contribution in [0.25, 0.3) is 23.0 Å². The van der Waals surface area contributed by atoms with Gasteiger partial charge in [-0.2, -0.15) is 0 Å². The molecule has 3 aromatic rings. The molecule has 1 aromatic carbocycles. The summed E-state index contributed by atoms with van der Waals surface area (Å²) in [6.45, 7) is 12.7. The van der Waals surface area contributed by atoms with Crippen molar-refractivity contribution in [3.8, 4) is 11.4 Å². The second kappa shape index (κ2) is 8.59. The molecular weight excluding hydrogens is 416 g/mol. The number of nitrogens with two attached hydrogens (primary N) is 1. The molecule has 2 heterocycles. The molecule has 7 nitrogen and oxygen atoms in total. The number of rotatable bonds is 7. The fraction of sp³-hybridized carbons (Fsp3) is 0.417. The van der Waals surface area contributed by atoms with Crippen LogP contribution in [-0.2, 0) is 17.4 Å². The molecule has 0 unspecified atom stereocenters. The van der Waals surface area contributed by atoms with E-state index < -0.39 is 8.32 Å². The number of hydrogen-bond donors (Lipinski definition) is 1. The number of benzene rings is 1. The number of fused-ring (bicyclic) bond motifs is 1. The van der Waals surface area contributed by atoms with Crippen LogP contribution >= 0.6 is 0 Å². The van der Waals surface area contributed by atoms with E-state index in [1.54, 1.807) is 0 Å². The van der Waals surface area contributed by atoms with Gasteiger partial charge in [0.25, 0.3) is 0 Å². The minimum Gasteiger partial charge on any atom is -0.417 e. The minimum atomic E-state index is -1.74. The molecule has 168 valence electrons. The van der Waals surface area contributed by atoms with Crippen LogP contribution in [0.2, 0.25) is 18.1 Å². The maximum Gasteiger partial charge on any atom is 0.191 e. The Balaban J connectivity index is 1.45. The van der Waals surface area contributed by atoms with Crippen molar-refractivity contribution in [3.63, 3.8) is 0 Å². The first-order chi connectivity index (χ1) is 15.1. The predicted molar refractivity (Wildman–Crippen MR) is 131 cm³/mol. The van der Waals surface area contributed by atoms with Gasteiger partial charge in [0, 0.05) is 36.8 Å². The maximum absolute atomic E-state index is 6.29. The van der Waals surface area contributed by atoms with Crippen LogP contribution in [-0.4, -0.2) is 40.1 Å². The Labute approximate surface area is 190 Å². The average Bonchev–Trinajstić information content (AvgIpc) is 3.37. The van der Waals surface area contributed by atoms with Crippen LogP contribution in [0.1, 0.15) is 43.9 Å². The predicted octanol–water partition coefficient (Wildman–Crippen LogP) is 4.83. The molecule has 0 atom stereocenters. The van der Waals surface area contributed by atoms with E-state index in [1.807, 2.05) is 29.2 Å². The molecule has 1 aliphatic rings. The minimum absolute atomic E-state index is 0.208. The third-order valence-electron chi connectivity index (χ3n) is 6.56. The molecule has 0 saturated carbocycles. The summed E-state index contributed by atoms with van der Waals surface area (Å²) in [5.74, 6) is 0.729. The van der Waals surface area contributed by atoms with E-state index in [0.717, 1.165) is 35.5 Å². The Kier molecular flexibility index (Phi) is 6.00. The van der Waals surface area contributed by atoms with Crippen molar-refractivity contribution in [1.82, 2.24) is 25.2 Å². The van der Waals surface area contributed by atoms with Gasteiger partial charge in [-0.05, 0) is 81.9 Å². The van der Waals surface area contributed by atoms with Gasteiger partial charge in [-0.3, -0.25) is 4.98 Å². The molecule has 32 heavy (non-hydrogen) atoms. The molecule has 0 saturated heterocycles. The van der Waals surface area contributed by atoms with Gasteiger partial charge in [0.15, 0.2) is 14.1 Å². The Morgan fingerprint density at radius 1 is 1.12 bits per heavy atom. The molecule has 0 radical (unpaired) electrons. The molecule has 2 N–H and O–H groups in total. The van der Waals surface area contributed by atoms with Crippen molar-refractivity contribution < 1.29 is 4.43 Å². The van der Waals surface area contributed by atoms with E-state index in [-0.39, 0.29) is 5.04 Å². The highest BCUT2D eigenvalue weighted by Crippen LogP contribution is 2.36. The average molecular weight is 449 g/mol. The van der Waals surface area contributed by atoms with Gasteiger partial charge in [-0.1, -0.05) is 32.9 Å². The summed E-state index contributed by atoms with van der Waals surface area (Å²) in [7, 11) is -1.74. The van der Waals surface area contributed by atoms with E-state index >= 15 is 0 Å². The molecule has 1 aliphatic carbocycles. The standard InChI is InChI=1S/C24H32N6OSi/c1-24(2,3)32(4,5)31-10-6-9-30-23(27-28-29-30)21-13-20(15-26-16-21)18-11-17-7-8-22(25)14-19(17)12-18/h7-8,12-16H,6,9-11,25H2,1-5H3. The van der Waals surface area contributed by atoms with Crippen LogP contribution in [0.5, 0.6) is 0 Å². The van der Waals surface area contributed by atoms with Crippen molar-refractivity contribution in [3.05, 3.63) is 53.3 Å². The highest BCUT2D eigenvalue weighted by Gasteiger charge is 2.36. The van der Waals surface area contributed by atoms with Gasteiger partial charge >= 0.3 is 0 Å². The third kappa shape index (κ3) is 4.66. The summed E-state index contributed by atoms with van der Waals surface area (Å²) in [6, 6.07) is 8.18. The first-order valence-electron chi connectivity index (χ1n) is 11.1. The quantitative estimate of drug-likeness (QED) is 0.316. The van der Waals surface area contributed by atoms with Gasteiger partial charge in [0.05, 0.1) is 0 Å². The second-order valence-electron chi connectivity index (χ2n) is 9.95. The number of nitrogens with zero attached hydrogens (tertiary/aromatic N) is 5. The SMILES string of the molecule is CC(C)(C)[Si](C)(C)OCCCn1nnnc1-c1cncc(C2=Cc3cc(N)ccc3C2)c1. The number of hydrogen-bond acceptors (Lipinski definition) is 6. The van der Waals surface area contributed by atoms with Gasteiger partial charge in [-0.15, -0.1) is 5.10 Å². The monoisotopic (exact) mass is 448 g/mol. The Bertz CT molecular complexity index is 1150. The smallest absolute Gasteiger partial charge is 0.191 e. The Hall–Kier alpha value is -2.84. The highest BCUT2D eigenvalue weighted by molar-refractivity contribution is 6.74. The zero-order chi connectivity index (χ0) is 22.9. The normalized spacial score (nSPS) is 13.8. The number of allylic oxidation sites excluding steroid dienone is 1. The molecule has 8 heteroatoms. The van der Waals surface area contributed by atoms with E-state index in [0.29, 0.717) is 13.2 Å². The lowest BCUT2D eigenvalue weighted by atomic mass is 10.0. The number of pyridine rings is 1. The first-order valence-corrected chi connectivity index (χ1v) is 14.0. The summed E-state index contributed by atoms with van der Waals surface area (Å²) in [6.07, 6.45) is 7.63. The largest absolute Gasteiger partial charge is 0.417 e. The molecular formula is C24H32N6OSi. The summed E-state index contributed by atoms with van der Waals surface area (Å²) in [5.41, 5.74) is 12.4. The van der Waals surface area contributed by atoms with Gasteiger partial charge in [0.2, 0.25) is 0 Å². The van der Waals surface area contributed by atoms with Gasteiger partial charge in [-0.25, -0.2) is 4.68 Å². The number of aryl methyl sites for hydroxylation is 1. The maximum atomic E-state index is 6.29. The van der Waals surface area contributed by atoms with E-state index in [1.165, 1.54) is 16.7 Å². The van der Waals surface area contributed by atoms with Crippen LogP contribution in [0, 0.1) is 0 Å². The van der Waals surface area contributed by atoms with E-state index in [2.05, 4.69) is 72.6 Å². The number of anilines is 1. The third-order valence-corrected chi connectivity index (χ3v) is 11.1. The van der Waals surface area contributed by atoms with Crippen LogP contribution < -0.4 is 5.73 Å². The van der Waals surface area contributed by atoms with Crippen LogP contribution in [0.4, 0.5) is 5.69 Å². The summed E-state index contributed by atoms with van der Waals surface area (Å²) in [4.78, 5) is 4.47. The van der Waals surface area contributed by atoms with Crippen molar-refractivity contribution in [1.29, 1.82) is 0 Å². The van der Waals surface area contributed by atoms with Crippen molar-refractivity contribution in [2.75, 3.05) is 12.3 Å². The first kappa shape index (κ1) is 22.4. The summed E-state index contributed by atoms with van der Waals surface area (Å²) < 4.78 is 8.13. The van der Waals surface area contributed by atoms with Crippen LogP contribution in [0.3, 0.4) is 0 Å². The lowest BCUT2D eigenvalue weighted by molar-refractivity contribution is 0.272. The Morgan fingerprint density at radius 2 is 1.91 bits per heavy atom. The van der Waals surface area contributed by atoms with Crippen LogP contribution in [0.15, 0.2) is 36.7 Å². The number of aromatic nitrogens is 5. The molecule has 0 fully saturated rings. The fourth-order valence-corrected chi connectivity index (χ4v) is 4.68. The number of tetrazole rings is 1. The molecule has 0 aliphatic heterocycles. The summed E-state index contributed by atoms with van der Waals surface area (Å²) in [5, 5.41) is 12.6. The molecule has 4 rings (SSSR count). The molecule has 2 aromatic heterocycles. The van der Waals surface area contributed by atoms with Crippen molar-refractivity contribution in [2.45, 2.75) is 58.3 Å². The van der Waals surface area contributed by atoms with Crippen molar-refractivity contribution >= 4 is 25.7 Å². The zero-order valence-corrected chi connectivity index (χ0v) is 20.6. The summed E-state index contributed by atoms with van der Waals surface area (Å²) >= 11 is 0. The van der Waals surface area contributed by atoms with Crippen molar-refractivity contribution in [2.24, 2.45) is 0 Å². The van der Waals surface area contributed by atoms with Gasteiger partial charge < -0.3 is 10.2 Å². The number of nitrogen functional groups attached to an aromatic ring is 1. The van der Waals surface area contributed by atoms with E-state index in [9.17, 15) is 0 Å². The Morgan fingerprint density at radius 3 is 2.69 bits per heavy atom. The van der Waals surface area contributed by atoms with Gasteiger partial charge in [0.1, 0.15) is 0 Å². The fourth-order valence-electron chi connectivity index (χ4n) is 3.60. The van der Waals surface area contributed by atoms with E-state index in [4.69, 9.17) is 10.2 Å². The second-order valence-corrected chi connectivity index (χ2v) is 14.8. The zero-order valence-electron chi connectivity index (χ0n) is 19.6. The molecule has 0 spiro atoms. The molecule has 0 amide bonds. The molecule has 0 bridgehead atoms. The lowest BCUT2D eigenvalue weighted by Gasteiger charge is -2.36.